The predicted molar refractivity (Wildman–Crippen MR) is 89.3 cm³/mol. The van der Waals surface area contributed by atoms with Gasteiger partial charge in [-0.2, -0.15) is 0 Å². The molecule has 1 aliphatic heterocycles. The second kappa shape index (κ2) is 8.08. The lowest BCUT2D eigenvalue weighted by molar-refractivity contribution is -0.138. The Hall–Kier alpha value is -2.18. The quantitative estimate of drug-likeness (QED) is 0.780. The van der Waals surface area contributed by atoms with Crippen molar-refractivity contribution in [2.45, 2.75) is 26.1 Å². The maximum atomic E-state index is 12.3. The van der Waals surface area contributed by atoms with Crippen molar-refractivity contribution in [1.29, 1.82) is 0 Å². The summed E-state index contributed by atoms with van der Waals surface area (Å²) in [6.45, 7) is 4.95. The van der Waals surface area contributed by atoms with Crippen molar-refractivity contribution in [3.63, 3.8) is 0 Å². The summed E-state index contributed by atoms with van der Waals surface area (Å²) in [5.41, 5.74) is 2.22. The smallest absolute Gasteiger partial charge is 0.248 e. The highest BCUT2D eigenvalue weighted by Gasteiger charge is 2.27. The lowest BCUT2D eigenvalue weighted by atomic mass is 10.2. The van der Waals surface area contributed by atoms with Gasteiger partial charge in [-0.1, -0.05) is 0 Å². The van der Waals surface area contributed by atoms with Crippen molar-refractivity contribution >= 4 is 5.91 Å². The standard InChI is InChI=1S/C18H23N3O3/c1-2-23-14-18(22)20-10-16-4-3-9-21(16)17(11-20)13-24-12-15-5-7-19-8-6-15/h3-9,17H,2,10-14H2,1H3/t17-/m0/s1. The van der Waals surface area contributed by atoms with Crippen LogP contribution in [0.2, 0.25) is 0 Å². The number of rotatable bonds is 7. The maximum Gasteiger partial charge on any atom is 0.248 e. The Labute approximate surface area is 142 Å². The minimum atomic E-state index is 0.0310. The SMILES string of the molecule is CCOCC(=O)N1Cc2cccn2[C@H](COCc2ccncc2)C1. The van der Waals surface area contributed by atoms with Crippen LogP contribution in [-0.4, -0.2) is 46.7 Å². The molecule has 0 unspecified atom stereocenters. The van der Waals surface area contributed by atoms with Gasteiger partial charge in [0.15, 0.2) is 0 Å². The number of aromatic nitrogens is 2. The highest BCUT2D eigenvalue weighted by Crippen LogP contribution is 2.22. The number of nitrogens with zero attached hydrogens (tertiary/aromatic N) is 3. The molecule has 1 atom stereocenters. The zero-order chi connectivity index (χ0) is 16.8. The van der Waals surface area contributed by atoms with E-state index in [-0.39, 0.29) is 18.6 Å². The minimum Gasteiger partial charge on any atom is -0.375 e. The topological polar surface area (TPSA) is 56.6 Å². The molecule has 0 N–H and O–H groups in total. The van der Waals surface area contributed by atoms with Crippen molar-refractivity contribution in [2.24, 2.45) is 0 Å². The molecule has 2 aromatic rings. The van der Waals surface area contributed by atoms with E-state index in [0.29, 0.717) is 32.9 Å². The average molecular weight is 329 g/mol. The van der Waals surface area contributed by atoms with Crippen LogP contribution in [0.4, 0.5) is 0 Å². The molecular weight excluding hydrogens is 306 g/mol. The number of carbonyl (C=O) groups is 1. The first-order valence-corrected chi connectivity index (χ1v) is 8.25. The van der Waals surface area contributed by atoms with E-state index in [1.165, 1.54) is 0 Å². The Balaban J connectivity index is 1.60. The summed E-state index contributed by atoms with van der Waals surface area (Å²) in [7, 11) is 0. The van der Waals surface area contributed by atoms with E-state index in [0.717, 1.165) is 11.3 Å². The summed E-state index contributed by atoms with van der Waals surface area (Å²) < 4.78 is 13.3. The molecule has 0 aromatic carbocycles. The van der Waals surface area contributed by atoms with Gasteiger partial charge in [-0.15, -0.1) is 0 Å². The zero-order valence-electron chi connectivity index (χ0n) is 13.9. The van der Waals surface area contributed by atoms with Gasteiger partial charge in [-0.05, 0) is 36.8 Å². The molecule has 128 valence electrons. The summed E-state index contributed by atoms with van der Waals surface area (Å²) in [4.78, 5) is 18.1. The Morgan fingerprint density at radius 3 is 2.92 bits per heavy atom. The van der Waals surface area contributed by atoms with E-state index in [1.54, 1.807) is 12.4 Å². The zero-order valence-corrected chi connectivity index (χ0v) is 13.9. The first-order chi connectivity index (χ1) is 11.8. The summed E-state index contributed by atoms with van der Waals surface area (Å²) >= 11 is 0. The van der Waals surface area contributed by atoms with Gasteiger partial charge in [-0.25, -0.2) is 0 Å². The number of hydrogen-bond acceptors (Lipinski definition) is 4. The molecule has 0 saturated carbocycles. The number of hydrogen-bond donors (Lipinski definition) is 0. The van der Waals surface area contributed by atoms with Gasteiger partial charge in [0.2, 0.25) is 5.91 Å². The molecule has 6 nitrogen and oxygen atoms in total. The highest BCUT2D eigenvalue weighted by molar-refractivity contribution is 5.77. The highest BCUT2D eigenvalue weighted by atomic mass is 16.5. The monoisotopic (exact) mass is 329 g/mol. The van der Waals surface area contributed by atoms with E-state index in [4.69, 9.17) is 9.47 Å². The molecule has 6 heteroatoms. The van der Waals surface area contributed by atoms with Gasteiger partial charge in [0, 0.05) is 37.4 Å². The first kappa shape index (κ1) is 16.7. The van der Waals surface area contributed by atoms with E-state index in [1.807, 2.05) is 30.0 Å². The van der Waals surface area contributed by atoms with Crippen LogP contribution >= 0.6 is 0 Å². The summed E-state index contributed by atoms with van der Waals surface area (Å²) in [6, 6.07) is 8.08. The third-order valence-corrected chi connectivity index (χ3v) is 4.16. The van der Waals surface area contributed by atoms with Gasteiger partial charge in [0.1, 0.15) is 6.61 Å². The van der Waals surface area contributed by atoms with Crippen LogP contribution in [0, 0.1) is 0 Å². The predicted octanol–water partition coefficient (Wildman–Crippen LogP) is 2.02. The largest absolute Gasteiger partial charge is 0.375 e. The molecule has 1 amide bonds. The first-order valence-electron chi connectivity index (χ1n) is 8.25. The molecule has 1 aliphatic rings. The van der Waals surface area contributed by atoms with E-state index in [9.17, 15) is 4.79 Å². The molecule has 3 heterocycles. The second-order valence-electron chi connectivity index (χ2n) is 5.84. The molecule has 0 bridgehead atoms. The number of amides is 1. The molecule has 0 saturated heterocycles. The molecule has 0 radical (unpaired) electrons. The van der Waals surface area contributed by atoms with Crippen LogP contribution < -0.4 is 0 Å². The molecule has 24 heavy (non-hydrogen) atoms. The number of pyridine rings is 1. The van der Waals surface area contributed by atoms with Crippen LogP contribution in [-0.2, 0) is 27.4 Å². The molecule has 2 aromatic heterocycles. The molecule has 0 aliphatic carbocycles. The molecule has 0 spiro atoms. The van der Waals surface area contributed by atoms with Crippen molar-refractivity contribution in [3.8, 4) is 0 Å². The fourth-order valence-electron chi connectivity index (χ4n) is 2.92. The Kier molecular flexibility index (Phi) is 5.61. The number of carbonyl (C=O) groups excluding carboxylic acids is 1. The van der Waals surface area contributed by atoms with Gasteiger partial charge in [0.05, 0.1) is 25.8 Å². The third-order valence-electron chi connectivity index (χ3n) is 4.16. The third kappa shape index (κ3) is 4.01. The lowest BCUT2D eigenvalue weighted by Crippen LogP contribution is -2.43. The van der Waals surface area contributed by atoms with Gasteiger partial charge >= 0.3 is 0 Å². The Morgan fingerprint density at radius 1 is 1.29 bits per heavy atom. The lowest BCUT2D eigenvalue weighted by Gasteiger charge is -2.35. The van der Waals surface area contributed by atoms with Crippen molar-refractivity contribution in [1.82, 2.24) is 14.5 Å². The summed E-state index contributed by atoms with van der Waals surface area (Å²) in [6.07, 6.45) is 5.58. The fourth-order valence-corrected chi connectivity index (χ4v) is 2.92. The van der Waals surface area contributed by atoms with E-state index in [2.05, 4.69) is 21.8 Å². The van der Waals surface area contributed by atoms with E-state index >= 15 is 0 Å². The van der Waals surface area contributed by atoms with E-state index < -0.39 is 0 Å². The fraction of sp³-hybridized carbons (Fsp3) is 0.444. The summed E-state index contributed by atoms with van der Waals surface area (Å²) in [5, 5.41) is 0. The van der Waals surface area contributed by atoms with Crippen LogP contribution in [0.1, 0.15) is 24.2 Å². The van der Waals surface area contributed by atoms with Gasteiger partial charge < -0.3 is 18.9 Å². The van der Waals surface area contributed by atoms with Crippen molar-refractivity contribution in [2.75, 3.05) is 26.4 Å². The van der Waals surface area contributed by atoms with Crippen LogP contribution in [0.25, 0.3) is 0 Å². The van der Waals surface area contributed by atoms with Crippen LogP contribution in [0.5, 0.6) is 0 Å². The van der Waals surface area contributed by atoms with Crippen LogP contribution in [0.15, 0.2) is 42.9 Å². The number of fused-ring (bicyclic) bond motifs is 1. The molecule has 3 rings (SSSR count). The Bertz CT molecular complexity index is 657. The van der Waals surface area contributed by atoms with Gasteiger partial charge in [-0.3, -0.25) is 9.78 Å². The minimum absolute atomic E-state index is 0.0310. The molecular formula is C18H23N3O3. The van der Waals surface area contributed by atoms with Crippen molar-refractivity contribution < 1.29 is 14.3 Å². The number of ether oxygens (including phenoxy) is 2. The Morgan fingerprint density at radius 2 is 2.12 bits per heavy atom. The normalized spacial score (nSPS) is 16.9. The molecule has 0 fully saturated rings. The average Bonchev–Trinajstić information content (AvgIpc) is 3.09. The van der Waals surface area contributed by atoms with Crippen LogP contribution in [0.3, 0.4) is 0 Å². The summed E-state index contributed by atoms with van der Waals surface area (Å²) in [5.74, 6) is 0.0310. The van der Waals surface area contributed by atoms with Crippen molar-refractivity contribution in [3.05, 3.63) is 54.1 Å². The maximum absolute atomic E-state index is 12.3. The van der Waals surface area contributed by atoms with Gasteiger partial charge in [0.25, 0.3) is 0 Å². The second-order valence-corrected chi connectivity index (χ2v) is 5.84.